The van der Waals surface area contributed by atoms with Gasteiger partial charge in [-0.3, -0.25) is 4.79 Å². The molecule has 0 radical (unpaired) electrons. The topological polar surface area (TPSA) is 48.0 Å². The van der Waals surface area contributed by atoms with Crippen LogP contribution >= 0.6 is 0 Å². The molecule has 120 valence electrons. The number of carbonyl (C=O) groups excluding carboxylic acids is 1. The highest BCUT2D eigenvalue weighted by Gasteiger charge is 2.39. The van der Waals surface area contributed by atoms with E-state index in [0.717, 1.165) is 43.8 Å². The summed E-state index contributed by atoms with van der Waals surface area (Å²) < 4.78 is 16.7. The zero-order valence-electron chi connectivity index (χ0n) is 13.0. The van der Waals surface area contributed by atoms with Gasteiger partial charge < -0.3 is 19.1 Å². The number of piperidine rings is 1. The van der Waals surface area contributed by atoms with Crippen molar-refractivity contribution in [2.75, 3.05) is 33.4 Å². The largest absolute Gasteiger partial charge is 0.497 e. The number of benzene rings is 1. The number of hydrogen-bond donors (Lipinski definition) is 0. The minimum atomic E-state index is -0.435. The van der Waals surface area contributed by atoms with Crippen molar-refractivity contribution < 1.29 is 19.0 Å². The second-order valence-electron chi connectivity index (χ2n) is 5.87. The Labute approximate surface area is 131 Å². The van der Waals surface area contributed by atoms with Crippen LogP contribution in [-0.2, 0) is 20.7 Å². The average Bonchev–Trinajstić information content (AvgIpc) is 2.57. The molecule has 0 N–H and O–H groups in total. The molecule has 1 amide bonds. The van der Waals surface area contributed by atoms with Gasteiger partial charge in [0.05, 0.1) is 26.7 Å². The Kier molecular flexibility index (Phi) is 4.64. The predicted octanol–water partition coefficient (Wildman–Crippen LogP) is 1.99. The maximum atomic E-state index is 12.4. The van der Waals surface area contributed by atoms with Crippen LogP contribution in [0, 0.1) is 0 Å². The molecule has 0 unspecified atom stereocenters. The van der Waals surface area contributed by atoms with Crippen molar-refractivity contribution in [3.8, 4) is 5.75 Å². The molecule has 0 bridgehead atoms. The normalized spacial score (nSPS) is 20.9. The first-order chi connectivity index (χ1) is 10.7. The van der Waals surface area contributed by atoms with E-state index in [-0.39, 0.29) is 5.91 Å². The van der Waals surface area contributed by atoms with Crippen molar-refractivity contribution in [2.24, 2.45) is 0 Å². The first-order valence-electron chi connectivity index (χ1n) is 7.89. The molecule has 2 fully saturated rings. The highest BCUT2D eigenvalue weighted by molar-refractivity contribution is 5.78. The Morgan fingerprint density at radius 3 is 2.41 bits per heavy atom. The van der Waals surface area contributed by atoms with Crippen molar-refractivity contribution in [3.05, 3.63) is 29.8 Å². The highest BCUT2D eigenvalue weighted by atomic mass is 16.7. The van der Waals surface area contributed by atoms with Gasteiger partial charge in [0.1, 0.15) is 5.75 Å². The lowest BCUT2D eigenvalue weighted by molar-refractivity contribution is -0.282. The summed E-state index contributed by atoms with van der Waals surface area (Å²) in [6, 6.07) is 7.65. The lowest BCUT2D eigenvalue weighted by atomic mass is 10.0. The number of amides is 1. The molecular formula is C17H23NO4. The fraction of sp³-hybridized carbons (Fsp3) is 0.588. The lowest BCUT2D eigenvalue weighted by Gasteiger charge is -2.43. The van der Waals surface area contributed by atoms with E-state index in [2.05, 4.69) is 0 Å². The van der Waals surface area contributed by atoms with Crippen LogP contribution in [0.5, 0.6) is 5.75 Å². The minimum Gasteiger partial charge on any atom is -0.497 e. The number of likely N-dealkylation sites (tertiary alicyclic amines) is 1. The quantitative estimate of drug-likeness (QED) is 0.857. The molecular weight excluding hydrogens is 282 g/mol. The second-order valence-corrected chi connectivity index (χ2v) is 5.87. The summed E-state index contributed by atoms with van der Waals surface area (Å²) in [6.45, 7) is 2.93. The van der Waals surface area contributed by atoms with E-state index in [9.17, 15) is 4.79 Å². The zero-order chi connectivity index (χ0) is 15.4. The van der Waals surface area contributed by atoms with E-state index in [1.807, 2.05) is 29.2 Å². The van der Waals surface area contributed by atoms with Gasteiger partial charge in [-0.25, -0.2) is 0 Å². The lowest BCUT2D eigenvalue weighted by Crippen LogP contribution is -2.51. The SMILES string of the molecule is COc1ccc(CC(=O)N2CCC3(CC2)OCCCO3)cc1. The Morgan fingerprint density at radius 2 is 1.82 bits per heavy atom. The van der Waals surface area contributed by atoms with Crippen LogP contribution in [0.1, 0.15) is 24.8 Å². The molecule has 1 spiro atoms. The summed E-state index contributed by atoms with van der Waals surface area (Å²) in [5.41, 5.74) is 1.01. The molecule has 3 rings (SSSR count). The van der Waals surface area contributed by atoms with Crippen molar-refractivity contribution in [1.82, 2.24) is 4.90 Å². The number of ether oxygens (including phenoxy) is 3. The van der Waals surface area contributed by atoms with Crippen molar-refractivity contribution in [3.63, 3.8) is 0 Å². The molecule has 22 heavy (non-hydrogen) atoms. The second kappa shape index (κ2) is 6.67. The van der Waals surface area contributed by atoms with Crippen LogP contribution in [0.15, 0.2) is 24.3 Å². The van der Waals surface area contributed by atoms with Gasteiger partial charge in [-0.05, 0) is 24.1 Å². The summed E-state index contributed by atoms with van der Waals surface area (Å²) in [7, 11) is 1.64. The van der Waals surface area contributed by atoms with E-state index in [1.165, 1.54) is 0 Å². The molecule has 0 aliphatic carbocycles. The molecule has 5 heteroatoms. The highest BCUT2D eigenvalue weighted by Crippen LogP contribution is 2.30. The van der Waals surface area contributed by atoms with Crippen LogP contribution in [0.2, 0.25) is 0 Å². The Hall–Kier alpha value is -1.59. The zero-order valence-corrected chi connectivity index (χ0v) is 13.0. The van der Waals surface area contributed by atoms with E-state index in [1.54, 1.807) is 7.11 Å². The number of nitrogens with zero attached hydrogens (tertiary/aromatic N) is 1. The van der Waals surface area contributed by atoms with E-state index in [4.69, 9.17) is 14.2 Å². The maximum absolute atomic E-state index is 12.4. The van der Waals surface area contributed by atoms with Crippen LogP contribution in [0.3, 0.4) is 0 Å². The first kappa shape index (κ1) is 15.3. The van der Waals surface area contributed by atoms with Gasteiger partial charge in [0.25, 0.3) is 0 Å². The molecule has 2 saturated heterocycles. The Morgan fingerprint density at radius 1 is 1.18 bits per heavy atom. The number of carbonyl (C=O) groups is 1. The van der Waals surface area contributed by atoms with Crippen molar-refractivity contribution in [1.29, 1.82) is 0 Å². The van der Waals surface area contributed by atoms with Crippen molar-refractivity contribution >= 4 is 5.91 Å². The number of hydrogen-bond acceptors (Lipinski definition) is 4. The summed E-state index contributed by atoms with van der Waals surface area (Å²) in [5.74, 6) is 0.535. The molecule has 0 aromatic heterocycles. The third-order valence-electron chi connectivity index (χ3n) is 4.41. The van der Waals surface area contributed by atoms with Crippen LogP contribution < -0.4 is 4.74 Å². The monoisotopic (exact) mass is 305 g/mol. The van der Waals surface area contributed by atoms with E-state index in [0.29, 0.717) is 19.5 Å². The average molecular weight is 305 g/mol. The molecule has 2 heterocycles. The fourth-order valence-corrected chi connectivity index (χ4v) is 3.03. The fourth-order valence-electron chi connectivity index (χ4n) is 3.03. The van der Waals surface area contributed by atoms with Gasteiger partial charge >= 0.3 is 0 Å². The molecule has 1 aromatic carbocycles. The molecule has 1 aromatic rings. The van der Waals surface area contributed by atoms with Gasteiger partial charge in [0.2, 0.25) is 5.91 Å². The molecule has 5 nitrogen and oxygen atoms in total. The molecule has 0 saturated carbocycles. The van der Waals surface area contributed by atoms with Crippen LogP contribution in [-0.4, -0.2) is 50.0 Å². The smallest absolute Gasteiger partial charge is 0.226 e. The van der Waals surface area contributed by atoms with Gasteiger partial charge in [-0.2, -0.15) is 0 Å². The predicted molar refractivity (Wildman–Crippen MR) is 81.8 cm³/mol. The Bertz CT molecular complexity index is 498. The van der Waals surface area contributed by atoms with Gasteiger partial charge in [0.15, 0.2) is 5.79 Å². The van der Waals surface area contributed by atoms with Crippen molar-refractivity contribution in [2.45, 2.75) is 31.5 Å². The summed E-state index contributed by atoms with van der Waals surface area (Å²) >= 11 is 0. The summed E-state index contributed by atoms with van der Waals surface area (Å²) in [4.78, 5) is 14.3. The first-order valence-corrected chi connectivity index (χ1v) is 7.89. The molecule has 2 aliphatic rings. The van der Waals surface area contributed by atoms with Gasteiger partial charge in [-0.15, -0.1) is 0 Å². The number of rotatable bonds is 3. The summed E-state index contributed by atoms with van der Waals surface area (Å²) in [5, 5.41) is 0. The Balaban J connectivity index is 1.53. The standard InChI is InChI=1S/C17H23NO4/c1-20-15-5-3-14(4-6-15)13-16(19)18-9-7-17(8-10-18)21-11-2-12-22-17/h3-6H,2,7-13H2,1H3. The summed E-state index contributed by atoms with van der Waals surface area (Å²) in [6.07, 6.45) is 2.92. The van der Waals surface area contributed by atoms with E-state index < -0.39 is 5.79 Å². The third-order valence-corrected chi connectivity index (χ3v) is 4.41. The van der Waals surface area contributed by atoms with Crippen LogP contribution in [0.25, 0.3) is 0 Å². The molecule has 2 aliphatic heterocycles. The van der Waals surface area contributed by atoms with Gasteiger partial charge in [0, 0.05) is 25.9 Å². The van der Waals surface area contributed by atoms with Crippen LogP contribution in [0.4, 0.5) is 0 Å². The maximum Gasteiger partial charge on any atom is 0.226 e. The number of methoxy groups -OCH3 is 1. The third kappa shape index (κ3) is 3.42. The molecule has 0 atom stereocenters. The van der Waals surface area contributed by atoms with Gasteiger partial charge in [-0.1, -0.05) is 12.1 Å². The van der Waals surface area contributed by atoms with E-state index >= 15 is 0 Å². The minimum absolute atomic E-state index is 0.163.